The molecule has 3 atom stereocenters. The number of carbonyl (C=O) groups excluding carboxylic acids is 3. The number of likely N-dealkylation sites (N-methyl/N-ethyl adjacent to an activating group) is 1. The highest BCUT2D eigenvalue weighted by atomic mass is 19.4. The fourth-order valence-corrected chi connectivity index (χ4v) is 6.23. The van der Waals surface area contributed by atoms with Crippen LogP contribution in [0.25, 0.3) is 10.8 Å². The lowest BCUT2D eigenvalue weighted by atomic mass is 9.61. The zero-order valence-electron chi connectivity index (χ0n) is 23.2. The van der Waals surface area contributed by atoms with Gasteiger partial charge in [0.25, 0.3) is 5.91 Å². The average Bonchev–Trinajstić information content (AvgIpc) is 2.92. The van der Waals surface area contributed by atoms with E-state index in [1.807, 2.05) is 0 Å². The lowest BCUT2D eigenvalue weighted by Crippen LogP contribution is -2.64. The van der Waals surface area contributed by atoms with Crippen LogP contribution in [0.2, 0.25) is 0 Å². The first-order chi connectivity index (χ1) is 20.0. The van der Waals surface area contributed by atoms with Gasteiger partial charge < -0.3 is 31.5 Å². The highest BCUT2D eigenvalue weighted by Crippen LogP contribution is 2.51. The second-order valence-electron chi connectivity index (χ2n) is 11.0. The number of phenolic OH excluding ortho intramolecular Hbond substituents is 2. The maximum atomic E-state index is 14.0. The predicted molar refractivity (Wildman–Crippen MR) is 149 cm³/mol. The number of aromatic hydroxyl groups is 2. The summed E-state index contributed by atoms with van der Waals surface area (Å²) in [5.41, 5.74) is 1.72. The summed E-state index contributed by atoms with van der Waals surface area (Å²) in [6.07, 6.45) is -4.65. The molecule has 0 radical (unpaired) electrons. The number of nitrogens with one attached hydrogen (secondary N) is 1. The van der Waals surface area contributed by atoms with Crippen molar-refractivity contribution >= 4 is 33.9 Å². The van der Waals surface area contributed by atoms with Crippen LogP contribution in [0, 0.1) is 12.8 Å². The highest BCUT2D eigenvalue weighted by molar-refractivity contribution is 6.25. The number of ketones is 2. The van der Waals surface area contributed by atoms with Crippen LogP contribution in [0.4, 0.5) is 18.9 Å². The monoisotopic (exact) mass is 599 g/mol. The Morgan fingerprint density at radius 3 is 2.26 bits per heavy atom. The maximum Gasteiger partial charge on any atom is 0.416 e. The second-order valence-corrected chi connectivity index (χ2v) is 11.0. The molecular weight excluding hydrogens is 571 g/mol. The van der Waals surface area contributed by atoms with E-state index in [4.69, 9.17) is 5.73 Å². The molecule has 1 amide bonds. The molecule has 0 saturated heterocycles. The van der Waals surface area contributed by atoms with E-state index in [0.29, 0.717) is 16.5 Å². The fraction of sp³-hybridized carbons (Fsp3) is 0.300. The van der Waals surface area contributed by atoms with E-state index in [1.165, 1.54) is 37.2 Å². The van der Waals surface area contributed by atoms with E-state index < -0.39 is 75.2 Å². The lowest BCUT2D eigenvalue weighted by Gasteiger charge is -2.47. The number of alkyl halides is 3. The van der Waals surface area contributed by atoms with E-state index in [9.17, 15) is 48.0 Å². The molecule has 3 aromatic carbocycles. The number of hydrogen-bond acceptors (Lipinski definition) is 9. The van der Waals surface area contributed by atoms with Crippen molar-refractivity contribution in [2.24, 2.45) is 11.7 Å². The summed E-state index contributed by atoms with van der Waals surface area (Å²) in [6, 6.07) is 6.26. The Morgan fingerprint density at radius 2 is 1.70 bits per heavy atom. The van der Waals surface area contributed by atoms with Crippen LogP contribution in [0.15, 0.2) is 47.7 Å². The molecular formula is C30H28F3N3O7. The first-order valence-corrected chi connectivity index (χ1v) is 13.1. The van der Waals surface area contributed by atoms with Gasteiger partial charge in [-0.25, -0.2) is 0 Å². The van der Waals surface area contributed by atoms with E-state index in [0.717, 1.165) is 12.1 Å². The number of primary amides is 1. The normalized spacial score (nSPS) is 22.1. The zero-order chi connectivity index (χ0) is 31.8. The minimum absolute atomic E-state index is 0.0107. The summed E-state index contributed by atoms with van der Waals surface area (Å²) in [6.45, 7) is 1.64. The van der Waals surface area contributed by atoms with Gasteiger partial charge in [-0.3, -0.25) is 19.3 Å². The van der Waals surface area contributed by atoms with Gasteiger partial charge in [0.2, 0.25) is 5.78 Å². The molecule has 0 aliphatic heterocycles. The van der Waals surface area contributed by atoms with Gasteiger partial charge >= 0.3 is 6.18 Å². The average molecular weight is 600 g/mol. The zero-order valence-corrected chi connectivity index (χ0v) is 23.2. The summed E-state index contributed by atoms with van der Waals surface area (Å²) in [5, 5.41) is 48.3. The van der Waals surface area contributed by atoms with Gasteiger partial charge in [-0.05, 0) is 67.7 Å². The standard InChI is InChI=1S/C30H28F3N3O7/c1-12-15-8-9-18(35-11-13-4-6-14(7-5-13)30(31,32)33)23(37)19(15)24(38)20-16(12)10-17-22(36(2)3)25(39)21(28(34)42)27(41)29(17,43)26(20)40/h4-9,17,22,35,37-38,41,43H,10-11H2,1-3H3,(H2,34,42)/t17-,22-,29-/m0/s1. The number of nitrogens with zero attached hydrogens (tertiary/aromatic N) is 1. The molecule has 0 saturated carbocycles. The van der Waals surface area contributed by atoms with Gasteiger partial charge in [-0.2, -0.15) is 13.2 Å². The first kappa shape index (κ1) is 29.9. The molecule has 2 aliphatic rings. The van der Waals surface area contributed by atoms with E-state index in [2.05, 4.69) is 5.32 Å². The topological polar surface area (TPSA) is 173 Å². The molecule has 0 heterocycles. The van der Waals surface area contributed by atoms with Crippen molar-refractivity contribution in [3.63, 3.8) is 0 Å². The number of aliphatic hydroxyl groups excluding tert-OH is 1. The van der Waals surface area contributed by atoms with Crippen molar-refractivity contribution in [3.05, 3.63) is 75.5 Å². The number of rotatable bonds is 5. The minimum atomic E-state index is -4.49. The summed E-state index contributed by atoms with van der Waals surface area (Å²) in [4.78, 5) is 40.7. The molecule has 10 nitrogen and oxygen atoms in total. The van der Waals surface area contributed by atoms with Crippen LogP contribution in [-0.2, 0) is 28.7 Å². The van der Waals surface area contributed by atoms with Gasteiger partial charge in [-0.15, -0.1) is 0 Å². The number of halogens is 3. The predicted octanol–water partition coefficient (Wildman–Crippen LogP) is 3.09. The van der Waals surface area contributed by atoms with E-state index in [1.54, 1.807) is 13.0 Å². The number of carbonyl (C=O) groups is 3. The van der Waals surface area contributed by atoms with E-state index in [-0.39, 0.29) is 29.6 Å². The quantitative estimate of drug-likeness (QED) is 0.190. The molecule has 2 aliphatic carbocycles. The summed E-state index contributed by atoms with van der Waals surface area (Å²) in [7, 11) is 3.01. The molecule has 13 heteroatoms. The summed E-state index contributed by atoms with van der Waals surface area (Å²) < 4.78 is 38.7. The molecule has 3 aromatic rings. The molecule has 0 aromatic heterocycles. The molecule has 0 spiro atoms. The van der Waals surface area contributed by atoms with Gasteiger partial charge in [0.1, 0.15) is 22.8 Å². The Morgan fingerprint density at radius 1 is 1.07 bits per heavy atom. The number of fused-ring (bicyclic) bond motifs is 3. The van der Waals surface area contributed by atoms with Gasteiger partial charge in [-0.1, -0.05) is 18.2 Å². The third kappa shape index (κ3) is 4.38. The molecule has 0 fully saturated rings. The third-order valence-electron chi connectivity index (χ3n) is 8.40. The number of amides is 1. The van der Waals surface area contributed by atoms with E-state index >= 15 is 0 Å². The Hall–Kier alpha value is -4.62. The smallest absolute Gasteiger partial charge is 0.416 e. The van der Waals surface area contributed by atoms with Crippen LogP contribution in [0.5, 0.6) is 11.5 Å². The van der Waals surface area contributed by atoms with Crippen LogP contribution in [0.3, 0.4) is 0 Å². The second kappa shape index (κ2) is 9.99. The van der Waals surface area contributed by atoms with Gasteiger partial charge in [0.15, 0.2) is 11.4 Å². The summed E-state index contributed by atoms with van der Waals surface area (Å²) in [5.74, 6) is -6.99. The molecule has 5 rings (SSSR count). The third-order valence-corrected chi connectivity index (χ3v) is 8.40. The van der Waals surface area contributed by atoms with Crippen molar-refractivity contribution in [1.29, 1.82) is 0 Å². The van der Waals surface area contributed by atoms with Crippen molar-refractivity contribution < 1.29 is 48.0 Å². The number of aryl methyl sites for hydroxylation is 1. The Kier molecular flexibility index (Phi) is 6.94. The molecule has 43 heavy (non-hydrogen) atoms. The summed E-state index contributed by atoms with van der Waals surface area (Å²) >= 11 is 0. The van der Waals surface area contributed by atoms with Crippen molar-refractivity contribution in [3.8, 4) is 11.5 Å². The molecule has 226 valence electrons. The fourth-order valence-electron chi connectivity index (χ4n) is 6.23. The largest absolute Gasteiger partial charge is 0.508 e. The van der Waals surface area contributed by atoms with Crippen LogP contribution in [-0.4, -0.2) is 68.5 Å². The maximum absolute atomic E-state index is 14.0. The number of hydrogen-bond donors (Lipinski definition) is 6. The highest BCUT2D eigenvalue weighted by Gasteiger charge is 2.62. The molecule has 0 bridgehead atoms. The lowest BCUT2D eigenvalue weighted by molar-refractivity contribution is -0.137. The minimum Gasteiger partial charge on any atom is -0.508 e. The Bertz CT molecular complexity index is 1750. The van der Waals surface area contributed by atoms with Crippen molar-refractivity contribution in [1.82, 2.24) is 4.90 Å². The Labute approximate surface area is 242 Å². The van der Waals surface area contributed by atoms with Crippen LogP contribution < -0.4 is 11.1 Å². The molecule has 7 N–H and O–H groups in total. The van der Waals surface area contributed by atoms with Gasteiger partial charge in [0, 0.05) is 12.5 Å². The van der Waals surface area contributed by atoms with Gasteiger partial charge in [0.05, 0.1) is 28.2 Å². The Balaban J connectivity index is 1.62. The number of anilines is 1. The number of nitrogens with two attached hydrogens (primary N) is 1. The van der Waals surface area contributed by atoms with Crippen molar-refractivity contribution in [2.45, 2.75) is 37.7 Å². The van der Waals surface area contributed by atoms with Crippen LogP contribution in [0.1, 0.15) is 32.6 Å². The molecule has 0 unspecified atom stereocenters. The number of Topliss-reactive ketones (excluding diaryl/α,β-unsaturated/α-hetero) is 2. The van der Waals surface area contributed by atoms with Crippen LogP contribution >= 0.6 is 0 Å². The van der Waals surface area contributed by atoms with Crippen molar-refractivity contribution in [2.75, 3.05) is 19.4 Å². The SMILES string of the molecule is Cc1c2c(c(O)c3c(O)c(NCc4ccc(C(F)(F)F)cc4)ccc13)C(=O)[C@]1(O)C(O)=C(C(N)=O)C(=O)[C@@H](N(C)C)[C@@H]1C2. The number of aliphatic hydroxyl groups is 2. The first-order valence-electron chi connectivity index (χ1n) is 13.1. The number of benzene rings is 3. The number of phenols is 2.